The standard InChI is InChI=1S/C10H14N4O2/c1-2-12-9-5-3-4-7(14-9)10(16)13-6-8(11)15/h3-5H,2,6H2,1H3,(H2,11,15)(H,12,14)(H,13,16). The second-order valence-electron chi connectivity index (χ2n) is 3.09. The summed E-state index contributed by atoms with van der Waals surface area (Å²) in [7, 11) is 0. The van der Waals surface area contributed by atoms with Crippen LogP contribution in [0.1, 0.15) is 17.4 Å². The number of nitrogens with one attached hydrogen (secondary N) is 2. The summed E-state index contributed by atoms with van der Waals surface area (Å²) in [6, 6.07) is 5.04. The molecule has 0 aliphatic heterocycles. The van der Waals surface area contributed by atoms with Gasteiger partial charge in [-0.05, 0) is 19.1 Å². The van der Waals surface area contributed by atoms with Gasteiger partial charge < -0.3 is 16.4 Å². The average molecular weight is 222 g/mol. The van der Waals surface area contributed by atoms with Crippen LogP contribution in [0, 0.1) is 0 Å². The Hall–Kier alpha value is -2.11. The number of anilines is 1. The molecule has 0 fully saturated rings. The molecule has 0 spiro atoms. The predicted octanol–water partition coefficient (Wildman–Crippen LogP) is -0.272. The minimum Gasteiger partial charge on any atom is -0.370 e. The van der Waals surface area contributed by atoms with Crippen molar-refractivity contribution in [3.8, 4) is 0 Å². The lowest BCUT2D eigenvalue weighted by Gasteiger charge is -2.05. The number of rotatable bonds is 5. The van der Waals surface area contributed by atoms with E-state index >= 15 is 0 Å². The second kappa shape index (κ2) is 5.69. The number of nitrogens with two attached hydrogens (primary N) is 1. The van der Waals surface area contributed by atoms with Gasteiger partial charge in [-0.3, -0.25) is 9.59 Å². The Balaban J connectivity index is 2.67. The fourth-order valence-electron chi connectivity index (χ4n) is 1.10. The Labute approximate surface area is 93.2 Å². The highest BCUT2D eigenvalue weighted by Gasteiger charge is 2.07. The number of aromatic nitrogens is 1. The van der Waals surface area contributed by atoms with E-state index in [0.29, 0.717) is 5.82 Å². The fourth-order valence-corrected chi connectivity index (χ4v) is 1.10. The van der Waals surface area contributed by atoms with Gasteiger partial charge in [0.15, 0.2) is 0 Å². The van der Waals surface area contributed by atoms with Gasteiger partial charge in [-0.15, -0.1) is 0 Å². The van der Waals surface area contributed by atoms with Gasteiger partial charge >= 0.3 is 0 Å². The number of carbonyl (C=O) groups excluding carboxylic acids is 2. The lowest BCUT2D eigenvalue weighted by atomic mass is 10.3. The maximum Gasteiger partial charge on any atom is 0.270 e. The van der Waals surface area contributed by atoms with Crippen LogP contribution in [-0.2, 0) is 4.79 Å². The molecule has 0 aliphatic carbocycles. The normalized spacial score (nSPS) is 9.56. The van der Waals surface area contributed by atoms with Gasteiger partial charge in [0, 0.05) is 6.54 Å². The van der Waals surface area contributed by atoms with Gasteiger partial charge in [0.1, 0.15) is 11.5 Å². The highest BCUT2D eigenvalue weighted by atomic mass is 16.2. The molecule has 1 rings (SSSR count). The minimum atomic E-state index is -0.587. The maximum atomic E-state index is 11.5. The van der Waals surface area contributed by atoms with Crippen LogP contribution < -0.4 is 16.4 Å². The van der Waals surface area contributed by atoms with Crippen LogP contribution in [0.4, 0.5) is 5.82 Å². The summed E-state index contributed by atoms with van der Waals surface area (Å²) in [6.45, 7) is 2.47. The first kappa shape index (κ1) is 12.0. The first-order valence-electron chi connectivity index (χ1n) is 4.91. The zero-order chi connectivity index (χ0) is 12.0. The van der Waals surface area contributed by atoms with E-state index in [1.807, 2.05) is 6.92 Å². The van der Waals surface area contributed by atoms with Crippen molar-refractivity contribution in [1.29, 1.82) is 0 Å². The van der Waals surface area contributed by atoms with Gasteiger partial charge in [0.25, 0.3) is 5.91 Å². The SMILES string of the molecule is CCNc1cccc(C(=O)NCC(N)=O)n1. The number of amides is 2. The topological polar surface area (TPSA) is 97.1 Å². The van der Waals surface area contributed by atoms with E-state index in [9.17, 15) is 9.59 Å². The molecule has 0 saturated heterocycles. The predicted molar refractivity (Wildman–Crippen MR) is 59.9 cm³/mol. The highest BCUT2D eigenvalue weighted by molar-refractivity contribution is 5.94. The zero-order valence-corrected chi connectivity index (χ0v) is 8.99. The lowest BCUT2D eigenvalue weighted by molar-refractivity contribution is -0.117. The summed E-state index contributed by atoms with van der Waals surface area (Å²) in [5.41, 5.74) is 5.16. The third-order valence-electron chi connectivity index (χ3n) is 1.76. The average Bonchev–Trinajstić information content (AvgIpc) is 2.26. The Morgan fingerprint density at radius 2 is 2.19 bits per heavy atom. The van der Waals surface area contributed by atoms with Crippen molar-refractivity contribution < 1.29 is 9.59 Å². The first-order valence-corrected chi connectivity index (χ1v) is 4.91. The zero-order valence-electron chi connectivity index (χ0n) is 8.99. The Bertz CT molecular complexity index is 392. The molecule has 6 nitrogen and oxygen atoms in total. The third-order valence-corrected chi connectivity index (χ3v) is 1.76. The molecule has 0 bridgehead atoms. The summed E-state index contributed by atoms with van der Waals surface area (Å²) in [5.74, 6) is -0.385. The van der Waals surface area contributed by atoms with E-state index < -0.39 is 11.8 Å². The molecule has 6 heteroatoms. The highest BCUT2D eigenvalue weighted by Crippen LogP contribution is 2.04. The van der Waals surface area contributed by atoms with E-state index in [1.54, 1.807) is 18.2 Å². The van der Waals surface area contributed by atoms with Crippen LogP contribution in [0.25, 0.3) is 0 Å². The number of pyridine rings is 1. The van der Waals surface area contributed by atoms with Crippen molar-refractivity contribution in [2.75, 3.05) is 18.4 Å². The first-order chi connectivity index (χ1) is 7.63. The molecule has 0 aromatic carbocycles. The second-order valence-corrected chi connectivity index (χ2v) is 3.09. The van der Waals surface area contributed by atoms with E-state index in [2.05, 4.69) is 15.6 Å². The van der Waals surface area contributed by atoms with E-state index in [4.69, 9.17) is 5.73 Å². The summed E-state index contributed by atoms with van der Waals surface area (Å²) >= 11 is 0. The van der Waals surface area contributed by atoms with E-state index in [1.165, 1.54) is 0 Å². The van der Waals surface area contributed by atoms with Crippen LogP contribution in [-0.4, -0.2) is 29.9 Å². The molecule has 0 unspecified atom stereocenters. The largest absolute Gasteiger partial charge is 0.370 e. The molecule has 1 aromatic rings. The number of hydrogen-bond acceptors (Lipinski definition) is 4. The van der Waals surface area contributed by atoms with Crippen molar-refractivity contribution in [2.45, 2.75) is 6.92 Å². The molecule has 1 heterocycles. The maximum absolute atomic E-state index is 11.5. The minimum absolute atomic E-state index is 0.189. The number of nitrogens with zero attached hydrogens (tertiary/aromatic N) is 1. The Morgan fingerprint density at radius 3 is 2.81 bits per heavy atom. The fraction of sp³-hybridized carbons (Fsp3) is 0.300. The van der Waals surface area contributed by atoms with Gasteiger partial charge in [0.2, 0.25) is 5.91 Å². The quantitative estimate of drug-likeness (QED) is 0.638. The van der Waals surface area contributed by atoms with Gasteiger partial charge in [-0.1, -0.05) is 6.07 Å². The number of primary amides is 1. The Morgan fingerprint density at radius 1 is 1.44 bits per heavy atom. The monoisotopic (exact) mass is 222 g/mol. The van der Waals surface area contributed by atoms with Gasteiger partial charge in [0.05, 0.1) is 6.54 Å². The van der Waals surface area contributed by atoms with Crippen LogP contribution in [0.15, 0.2) is 18.2 Å². The van der Waals surface area contributed by atoms with Gasteiger partial charge in [-0.2, -0.15) is 0 Å². The smallest absolute Gasteiger partial charge is 0.270 e. The van der Waals surface area contributed by atoms with Crippen molar-refractivity contribution in [1.82, 2.24) is 10.3 Å². The van der Waals surface area contributed by atoms with Crippen LogP contribution in [0.3, 0.4) is 0 Å². The van der Waals surface area contributed by atoms with Gasteiger partial charge in [-0.25, -0.2) is 4.98 Å². The van der Waals surface area contributed by atoms with Crippen molar-refractivity contribution in [3.05, 3.63) is 23.9 Å². The number of carbonyl (C=O) groups is 2. The Kier molecular flexibility index (Phi) is 4.26. The van der Waals surface area contributed by atoms with Crippen LogP contribution in [0.5, 0.6) is 0 Å². The summed E-state index contributed by atoms with van der Waals surface area (Å²) in [5, 5.41) is 5.35. The molecular weight excluding hydrogens is 208 g/mol. The molecule has 0 radical (unpaired) electrons. The molecule has 86 valence electrons. The van der Waals surface area contributed by atoms with Crippen molar-refractivity contribution in [3.63, 3.8) is 0 Å². The molecule has 0 saturated carbocycles. The van der Waals surface area contributed by atoms with E-state index in [-0.39, 0.29) is 12.2 Å². The summed E-state index contributed by atoms with van der Waals surface area (Å²) < 4.78 is 0. The molecule has 0 aliphatic rings. The molecular formula is C10H14N4O2. The van der Waals surface area contributed by atoms with E-state index in [0.717, 1.165) is 6.54 Å². The molecule has 1 aromatic heterocycles. The van der Waals surface area contributed by atoms with Crippen LogP contribution >= 0.6 is 0 Å². The molecule has 2 amide bonds. The lowest BCUT2D eigenvalue weighted by Crippen LogP contribution is -2.33. The molecule has 0 atom stereocenters. The van der Waals surface area contributed by atoms with Crippen molar-refractivity contribution in [2.24, 2.45) is 5.73 Å². The summed E-state index contributed by atoms with van der Waals surface area (Å²) in [6.07, 6.45) is 0. The van der Waals surface area contributed by atoms with Crippen molar-refractivity contribution >= 4 is 17.6 Å². The van der Waals surface area contributed by atoms with Crippen LogP contribution in [0.2, 0.25) is 0 Å². The number of hydrogen-bond donors (Lipinski definition) is 3. The third kappa shape index (κ3) is 3.56. The summed E-state index contributed by atoms with van der Waals surface area (Å²) in [4.78, 5) is 26.0. The molecule has 16 heavy (non-hydrogen) atoms. The molecule has 4 N–H and O–H groups in total.